The third-order valence-corrected chi connectivity index (χ3v) is 6.64. The predicted octanol–water partition coefficient (Wildman–Crippen LogP) is 3.94. The summed E-state index contributed by atoms with van der Waals surface area (Å²) < 4.78 is 27.8. The van der Waals surface area contributed by atoms with Gasteiger partial charge in [-0.15, -0.1) is 0 Å². The summed E-state index contributed by atoms with van der Waals surface area (Å²) >= 11 is 2.02. The number of nitrogens with zero attached hydrogens (tertiary/aromatic N) is 3. The van der Waals surface area contributed by atoms with Crippen molar-refractivity contribution in [3.8, 4) is 11.3 Å². The highest BCUT2D eigenvalue weighted by Gasteiger charge is 2.23. The van der Waals surface area contributed by atoms with Crippen molar-refractivity contribution in [1.29, 1.82) is 0 Å². The summed E-state index contributed by atoms with van der Waals surface area (Å²) in [6.45, 7) is 0. The molecule has 0 bridgehead atoms. The fraction of sp³-hybridized carbons (Fsp3) is 0. The minimum atomic E-state index is -3.70. The van der Waals surface area contributed by atoms with Gasteiger partial charge >= 0.3 is 0 Å². The quantitative estimate of drug-likeness (QED) is 0.434. The Bertz CT molecular complexity index is 1160. The van der Waals surface area contributed by atoms with Crippen LogP contribution in [0.25, 0.3) is 22.3 Å². The Balaban J connectivity index is 1.91. The van der Waals surface area contributed by atoms with Gasteiger partial charge in [-0.1, -0.05) is 24.3 Å². The normalized spacial score (nSPS) is 11.7. The molecule has 1 aromatic carbocycles. The molecular weight excluding hydrogens is 449 g/mol. The zero-order valence-corrected chi connectivity index (χ0v) is 15.8. The monoisotopic (exact) mass is 461 g/mol. The van der Waals surface area contributed by atoms with E-state index in [9.17, 15) is 8.42 Å². The summed E-state index contributed by atoms with van der Waals surface area (Å²) in [5.41, 5.74) is 2.05. The van der Waals surface area contributed by atoms with Crippen molar-refractivity contribution in [3.05, 3.63) is 76.8 Å². The minimum absolute atomic E-state index is 0.237. The lowest BCUT2D eigenvalue weighted by Crippen LogP contribution is -2.14. The van der Waals surface area contributed by atoms with Crippen LogP contribution in [0.1, 0.15) is 0 Å². The van der Waals surface area contributed by atoms with Crippen LogP contribution in [0.5, 0.6) is 0 Å². The maximum Gasteiger partial charge on any atom is 0.270 e. The Labute approximate surface area is 158 Å². The molecule has 0 spiro atoms. The summed E-state index contributed by atoms with van der Waals surface area (Å²) in [5, 5.41) is 0.757. The maximum absolute atomic E-state index is 13.0. The largest absolute Gasteiger partial charge is 0.270 e. The molecule has 0 unspecified atom stereocenters. The Morgan fingerprint density at radius 1 is 0.920 bits per heavy atom. The molecule has 4 rings (SSSR count). The van der Waals surface area contributed by atoms with Crippen LogP contribution in [-0.4, -0.2) is 22.4 Å². The van der Waals surface area contributed by atoms with Gasteiger partial charge in [0.05, 0.1) is 14.3 Å². The van der Waals surface area contributed by atoms with Gasteiger partial charge < -0.3 is 0 Å². The van der Waals surface area contributed by atoms with Crippen molar-refractivity contribution in [2.45, 2.75) is 4.90 Å². The third-order valence-electron chi connectivity index (χ3n) is 3.80. The van der Waals surface area contributed by atoms with Gasteiger partial charge in [0.1, 0.15) is 0 Å². The van der Waals surface area contributed by atoms with Gasteiger partial charge in [-0.05, 0) is 59.0 Å². The summed E-state index contributed by atoms with van der Waals surface area (Å²) in [6.07, 6.45) is 3.37. The smallest absolute Gasteiger partial charge is 0.256 e. The maximum atomic E-state index is 13.0. The summed E-state index contributed by atoms with van der Waals surface area (Å²) in [4.78, 5) is 8.96. The van der Waals surface area contributed by atoms with E-state index >= 15 is 0 Å². The molecule has 4 aromatic rings. The molecule has 25 heavy (non-hydrogen) atoms. The number of halogens is 1. The lowest BCUT2D eigenvalue weighted by atomic mass is 10.1. The molecule has 0 saturated heterocycles. The molecule has 5 nitrogen and oxygen atoms in total. The Morgan fingerprint density at radius 3 is 2.40 bits per heavy atom. The highest BCUT2D eigenvalue weighted by atomic mass is 127. The van der Waals surface area contributed by atoms with E-state index in [0.717, 1.165) is 16.6 Å². The van der Waals surface area contributed by atoms with Gasteiger partial charge in [0, 0.05) is 23.3 Å². The first-order valence-corrected chi connectivity index (χ1v) is 9.98. The van der Waals surface area contributed by atoms with Crippen LogP contribution in [0.3, 0.4) is 0 Å². The topological polar surface area (TPSA) is 64.8 Å². The van der Waals surface area contributed by atoms with E-state index in [0.29, 0.717) is 9.35 Å². The Morgan fingerprint density at radius 2 is 1.68 bits per heavy atom. The number of pyridine rings is 2. The molecule has 0 aliphatic carbocycles. The number of fused-ring (bicyclic) bond motifs is 1. The molecule has 3 heterocycles. The third kappa shape index (κ3) is 2.83. The summed E-state index contributed by atoms with van der Waals surface area (Å²) in [5.74, 6) is 0. The van der Waals surface area contributed by atoms with E-state index in [2.05, 4.69) is 9.97 Å². The molecule has 0 N–H and O–H groups in total. The van der Waals surface area contributed by atoms with Crippen LogP contribution in [0.4, 0.5) is 0 Å². The van der Waals surface area contributed by atoms with Crippen molar-refractivity contribution >= 4 is 43.6 Å². The number of hydrogen-bond acceptors (Lipinski definition) is 4. The molecule has 0 amide bonds. The first-order chi connectivity index (χ1) is 12.1. The second kappa shape index (κ2) is 6.23. The second-order valence-electron chi connectivity index (χ2n) is 5.40. The van der Waals surface area contributed by atoms with Gasteiger partial charge in [0.15, 0.2) is 5.65 Å². The van der Waals surface area contributed by atoms with Crippen molar-refractivity contribution in [1.82, 2.24) is 13.9 Å². The highest BCUT2D eigenvalue weighted by molar-refractivity contribution is 14.1. The second-order valence-corrected chi connectivity index (χ2v) is 8.29. The molecule has 3 aromatic heterocycles. The van der Waals surface area contributed by atoms with E-state index in [4.69, 9.17) is 0 Å². The van der Waals surface area contributed by atoms with Gasteiger partial charge in [-0.2, -0.15) is 0 Å². The van der Waals surface area contributed by atoms with Gasteiger partial charge in [-0.3, -0.25) is 4.98 Å². The molecule has 0 aliphatic heterocycles. The van der Waals surface area contributed by atoms with Gasteiger partial charge in [0.25, 0.3) is 10.0 Å². The highest BCUT2D eigenvalue weighted by Crippen LogP contribution is 2.28. The van der Waals surface area contributed by atoms with Crippen molar-refractivity contribution < 1.29 is 8.42 Å². The Kier molecular flexibility index (Phi) is 4.04. The molecule has 0 aliphatic rings. The molecule has 0 atom stereocenters. The first-order valence-electron chi connectivity index (χ1n) is 7.46. The van der Waals surface area contributed by atoms with E-state index in [1.54, 1.807) is 42.7 Å². The average Bonchev–Trinajstić information content (AvgIpc) is 2.98. The molecule has 0 fully saturated rings. The first kappa shape index (κ1) is 16.2. The standard InChI is InChI=1S/C18H12IN3O2S/c19-17-11-13-10-14(16-8-4-5-9-20-16)12-21-18(13)22(17)25(23,24)15-6-2-1-3-7-15/h1-12H. The van der Waals surface area contributed by atoms with Crippen molar-refractivity contribution in [2.75, 3.05) is 0 Å². The van der Waals surface area contributed by atoms with E-state index in [1.807, 2.05) is 52.9 Å². The van der Waals surface area contributed by atoms with Gasteiger partial charge in [0.2, 0.25) is 0 Å². The number of aromatic nitrogens is 3. The van der Waals surface area contributed by atoms with Crippen LogP contribution in [0, 0.1) is 3.70 Å². The van der Waals surface area contributed by atoms with E-state index in [1.165, 1.54) is 3.97 Å². The Hall–Kier alpha value is -2.26. The number of hydrogen-bond donors (Lipinski definition) is 0. The number of benzene rings is 1. The number of rotatable bonds is 3. The van der Waals surface area contributed by atoms with E-state index < -0.39 is 10.0 Å². The molecule has 0 radical (unpaired) electrons. The fourth-order valence-corrected chi connectivity index (χ4v) is 5.35. The average molecular weight is 461 g/mol. The predicted molar refractivity (Wildman–Crippen MR) is 105 cm³/mol. The van der Waals surface area contributed by atoms with Crippen LogP contribution in [0.15, 0.2) is 78.0 Å². The van der Waals surface area contributed by atoms with Crippen molar-refractivity contribution in [2.24, 2.45) is 0 Å². The lowest BCUT2D eigenvalue weighted by molar-refractivity contribution is 0.588. The van der Waals surface area contributed by atoms with Crippen LogP contribution < -0.4 is 0 Å². The minimum Gasteiger partial charge on any atom is -0.256 e. The zero-order valence-electron chi connectivity index (χ0n) is 12.9. The summed E-state index contributed by atoms with van der Waals surface area (Å²) in [7, 11) is -3.70. The van der Waals surface area contributed by atoms with E-state index in [-0.39, 0.29) is 4.90 Å². The van der Waals surface area contributed by atoms with Crippen molar-refractivity contribution in [3.63, 3.8) is 0 Å². The summed E-state index contributed by atoms with van der Waals surface area (Å²) in [6, 6.07) is 17.7. The molecule has 0 saturated carbocycles. The molecule has 124 valence electrons. The zero-order chi connectivity index (χ0) is 17.4. The van der Waals surface area contributed by atoms with Gasteiger partial charge in [-0.25, -0.2) is 17.4 Å². The SMILES string of the molecule is O=S(=O)(c1ccccc1)n1c(I)cc2cc(-c3ccccn3)cnc21. The molecule has 7 heteroatoms. The van der Waals surface area contributed by atoms with Crippen LogP contribution in [0.2, 0.25) is 0 Å². The molecular formula is C18H12IN3O2S. The van der Waals surface area contributed by atoms with Crippen LogP contribution >= 0.6 is 22.6 Å². The lowest BCUT2D eigenvalue weighted by Gasteiger charge is -2.08. The van der Waals surface area contributed by atoms with Crippen LogP contribution in [-0.2, 0) is 10.0 Å². The fourth-order valence-electron chi connectivity index (χ4n) is 2.64.